The van der Waals surface area contributed by atoms with Crippen molar-refractivity contribution >= 4 is 17.5 Å². The zero-order valence-corrected chi connectivity index (χ0v) is 11.5. The minimum atomic E-state index is -0.238. The minimum Gasteiger partial charge on any atom is -0.337 e. The lowest BCUT2D eigenvalue weighted by atomic mass is 10.1. The van der Waals surface area contributed by atoms with Crippen LogP contribution >= 0.6 is 0 Å². The first kappa shape index (κ1) is 13.1. The van der Waals surface area contributed by atoms with Crippen LogP contribution in [0.3, 0.4) is 0 Å². The van der Waals surface area contributed by atoms with Crippen LogP contribution in [0.25, 0.3) is 0 Å². The second kappa shape index (κ2) is 5.24. The van der Waals surface area contributed by atoms with Crippen LogP contribution in [0.1, 0.15) is 13.3 Å². The van der Waals surface area contributed by atoms with Gasteiger partial charge in [-0.1, -0.05) is 0 Å². The molecule has 3 heterocycles. The van der Waals surface area contributed by atoms with Gasteiger partial charge in [-0.3, -0.25) is 14.7 Å². The molecular weight excluding hydrogens is 258 g/mol. The zero-order valence-electron chi connectivity index (χ0n) is 11.5. The number of nitrogens with zero attached hydrogens (tertiary/aromatic N) is 3. The molecule has 1 unspecified atom stereocenters. The van der Waals surface area contributed by atoms with E-state index in [1.54, 1.807) is 17.3 Å². The Balaban J connectivity index is 1.69. The van der Waals surface area contributed by atoms with E-state index in [2.05, 4.69) is 15.5 Å². The summed E-state index contributed by atoms with van der Waals surface area (Å²) >= 11 is 0. The average molecular weight is 277 g/mol. The van der Waals surface area contributed by atoms with E-state index in [-0.39, 0.29) is 23.8 Å². The van der Waals surface area contributed by atoms with Crippen molar-refractivity contribution in [2.45, 2.75) is 19.4 Å². The first-order valence-electron chi connectivity index (χ1n) is 6.97. The maximum atomic E-state index is 12.6. The van der Waals surface area contributed by atoms with Gasteiger partial charge in [0.2, 0.25) is 11.8 Å². The third-order valence-electron chi connectivity index (χ3n) is 4.05. The van der Waals surface area contributed by atoms with Crippen LogP contribution in [0, 0.1) is 5.92 Å². The Kier molecular flexibility index (Phi) is 3.43. The maximum Gasteiger partial charge on any atom is 0.228 e. The number of nitrogens with one attached hydrogen (secondary N) is 2. The van der Waals surface area contributed by atoms with E-state index in [4.69, 9.17) is 0 Å². The highest BCUT2D eigenvalue weighted by Crippen LogP contribution is 2.26. The third kappa shape index (κ3) is 2.29. The van der Waals surface area contributed by atoms with Crippen molar-refractivity contribution in [3.8, 4) is 0 Å². The molecule has 20 heavy (non-hydrogen) atoms. The van der Waals surface area contributed by atoms with E-state index in [1.165, 1.54) is 0 Å². The molecule has 0 aliphatic carbocycles. The molecule has 1 aromatic rings. The van der Waals surface area contributed by atoms with Gasteiger partial charge in [-0.25, -0.2) is 0 Å². The van der Waals surface area contributed by atoms with Crippen molar-refractivity contribution < 1.29 is 9.59 Å². The Morgan fingerprint density at radius 3 is 3.05 bits per heavy atom. The van der Waals surface area contributed by atoms with Crippen LogP contribution in [0.2, 0.25) is 0 Å². The normalized spacial score (nSPS) is 27.1. The summed E-state index contributed by atoms with van der Waals surface area (Å²) in [6, 6.07) is 0.189. The summed E-state index contributed by atoms with van der Waals surface area (Å²) in [4.78, 5) is 28.2. The Bertz CT molecular complexity index is 501. The number of carbonyl (C=O) groups excluding carboxylic acids is 2. The van der Waals surface area contributed by atoms with Gasteiger partial charge >= 0.3 is 0 Å². The molecule has 2 aliphatic rings. The first-order chi connectivity index (χ1) is 9.66. The second-order valence-corrected chi connectivity index (χ2v) is 5.45. The van der Waals surface area contributed by atoms with Crippen molar-refractivity contribution in [2.75, 3.05) is 31.1 Å². The van der Waals surface area contributed by atoms with Crippen LogP contribution in [-0.2, 0) is 9.59 Å². The number of rotatable bonds is 2. The van der Waals surface area contributed by atoms with Crippen molar-refractivity contribution in [3.63, 3.8) is 0 Å². The quantitative estimate of drug-likeness (QED) is 0.769. The van der Waals surface area contributed by atoms with Crippen molar-refractivity contribution in [1.29, 1.82) is 0 Å². The lowest BCUT2D eigenvalue weighted by Crippen LogP contribution is -2.54. The fourth-order valence-electron chi connectivity index (χ4n) is 2.92. The molecule has 0 bridgehead atoms. The van der Waals surface area contributed by atoms with E-state index >= 15 is 0 Å². The summed E-state index contributed by atoms with van der Waals surface area (Å²) < 4.78 is 0. The maximum absolute atomic E-state index is 12.6. The molecule has 2 aliphatic heterocycles. The van der Waals surface area contributed by atoms with Crippen LogP contribution in [0.15, 0.2) is 12.4 Å². The summed E-state index contributed by atoms with van der Waals surface area (Å²) in [7, 11) is 0. The van der Waals surface area contributed by atoms with E-state index in [9.17, 15) is 9.59 Å². The Morgan fingerprint density at radius 1 is 1.50 bits per heavy atom. The first-order valence-corrected chi connectivity index (χ1v) is 6.97. The molecule has 2 atom stereocenters. The standard InChI is InChI=1S/C13H19N5O2/c1-9-5-14-2-3-17(9)13(20)10-4-12(19)18(8-10)11-6-15-16-7-11/h6-7,9-10,14H,2-5,8H2,1H3,(H,15,16)/t9-,10?/m0/s1. The van der Waals surface area contributed by atoms with Crippen LogP contribution in [0.5, 0.6) is 0 Å². The number of aromatic amines is 1. The molecule has 0 saturated carbocycles. The molecule has 2 fully saturated rings. The van der Waals surface area contributed by atoms with Crippen LogP contribution in [-0.4, -0.2) is 59.1 Å². The highest BCUT2D eigenvalue weighted by Gasteiger charge is 2.38. The smallest absolute Gasteiger partial charge is 0.228 e. The van der Waals surface area contributed by atoms with Gasteiger partial charge in [0.25, 0.3) is 0 Å². The van der Waals surface area contributed by atoms with Crippen LogP contribution in [0.4, 0.5) is 5.69 Å². The van der Waals surface area contributed by atoms with Gasteiger partial charge in [-0.15, -0.1) is 0 Å². The fourth-order valence-corrected chi connectivity index (χ4v) is 2.92. The van der Waals surface area contributed by atoms with Gasteiger partial charge in [0.05, 0.1) is 17.8 Å². The number of anilines is 1. The Hall–Kier alpha value is -1.89. The molecule has 0 aromatic carbocycles. The van der Waals surface area contributed by atoms with Gasteiger partial charge in [0.15, 0.2) is 0 Å². The predicted molar refractivity (Wildman–Crippen MR) is 73.1 cm³/mol. The van der Waals surface area contributed by atoms with Gasteiger partial charge in [0.1, 0.15) is 0 Å². The number of hydrogen-bond donors (Lipinski definition) is 2. The lowest BCUT2D eigenvalue weighted by molar-refractivity contribution is -0.138. The summed E-state index contributed by atoms with van der Waals surface area (Å²) in [5.41, 5.74) is 0.735. The zero-order chi connectivity index (χ0) is 14.1. The largest absolute Gasteiger partial charge is 0.337 e. The number of amides is 2. The summed E-state index contributed by atoms with van der Waals surface area (Å²) in [5.74, 6) is -0.149. The summed E-state index contributed by atoms with van der Waals surface area (Å²) in [6.45, 7) is 4.85. The van der Waals surface area contributed by atoms with Crippen molar-refractivity contribution in [2.24, 2.45) is 5.92 Å². The fraction of sp³-hybridized carbons (Fsp3) is 0.615. The molecule has 2 N–H and O–H groups in total. The molecule has 108 valence electrons. The van der Waals surface area contributed by atoms with Crippen molar-refractivity contribution in [3.05, 3.63) is 12.4 Å². The molecule has 2 amide bonds. The van der Waals surface area contributed by atoms with Crippen LogP contribution < -0.4 is 10.2 Å². The number of carbonyl (C=O) groups is 2. The number of piperazine rings is 1. The van der Waals surface area contributed by atoms with Gasteiger partial charge < -0.3 is 15.1 Å². The van der Waals surface area contributed by atoms with Gasteiger partial charge in [0, 0.05) is 44.8 Å². The highest BCUT2D eigenvalue weighted by molar-refractivity contribution is 6.00. The minimum absolute atomic E-state index is 0.00691. The molecular formula is C13H19N5O2. The predicted octanol–water partition coefficient (Wildman–Crippen LogP) is -0.417. The molecule has 7 nitrogen and oxygen atoms in total. The van der Waals surface area contributed by atoms with Gasteiger partial charge in [-0.05, 0) is 6.92 Å². The number of H-pyrrole nitrogens is 1. The monoisotopic (exact) mass is 277 g/mol. The Labute approximate surface area is 117 Å². The summed E-state index contributed by atoms with van der Waals surface area (Å²) in [5, 5.41) is 9.81. The average Bonchev–Trinajstić information content (AvgIpc) is 3.07. The number of hydrogen-bond acceptors (Lipinski definition) is 4. The molecule has 3 rings (SSSR count). The molecule has 7 heteroatoms. The molecule has 1 aromatic heterocycles. The highest BCUT2D eigenvalue weighted by atomic mass is 16.2. The van der Waals surface area contributed by atoms with E-state index < -0.39 is 0 Å². The summed E-state index contributed by atoms with van der Waals surface area (Å²) in [6.07, 6.45) is 3.58. The third-order valence-corrected chi connectivity index (χ3v) is 4.05. The second-order valence-electron chi connectivity index (χ2n) is 5.45. The molecule has 2 saturated heterocycles. The molecule has 0 radical (unpaired) electrons. The van der Waals surface area contributed by atoms with E-state index in [0.717, 1.165) is 25.3 Å². The number of aromatic nitrogens is 2. The SMILES string of the molecule is C[C@H]1CNCCN1C(=O)C1CC(=O)N(c2cn[nH]c2)C1. The molecule has 0 spiro atoms. The lowest BCUT2D eigenvalue weighted by Gasteiger charge is -2.35. The van der Waals surface area contributed by atoms with E-state index in [1.807, 2.05) is 11.8 Å². The topological polar surface area (TPSA) is 81.3 Å². The van der Waals surface area contributed by atoms with Crippen molar-refractivity contribution in [1.82, 2.24) is 20.4 Å². The Morgan fingerprint density at radius 2 is 2.35 bits per heavy atom. The van der Waals surface area contributed by atoms with E-state index in [0.29, 0.717) is 13.0 Å². The van der Waals surface area contributed by atoms with Gasteiger partial charge in [-0.2, -0.15) is 5.10 Å².